The summed E-state index contributed by atoms with van der Waals surface area (Å²) in [5.41, 5.74) is 0. The van der Waals surface area contributed by atoms with Gasteiger partial charge in [-0.2, -0.15) is 0 Å². The molecule has 1 atom stereocenters. The van der Waals surface area contributed by atoms with Crippen LogP contribution < -0.4 is 5.32 Å². The summed E-state index contributed by atoms with van der Waals surface area (Å²) >= 11 is 0. The van der Waals surface area contributed by atoms with E-state index in [0.29, 0.717) is 0 Å². The van der Waals surface area contributed by atoms with Crippen molar-refractivity contribution in [2.75, 3.05) is 59.9 Å². The van der Waals surface area contributed by atoms with Crippen molar-refractivity contribution in [3.8, 4) is 0 Å². The molecule has 0 aromatic rings. The maximum absolute atomic E-state index is 3.75. The lowest BCUT2D eigenvalue weighted by Gasteiger charge is -2.36. The molecule has 2 heterocycles. The van der Waals surface area contributed by atoms with E-state index in [2.05, 4.69) is 41.0 Å². The molecule has 2 aliphatic rings. The third kappa shape index (κ3) is 5.32. The molecule has 0 aliphatic carbocycles. The van der Waals surface area contributed by atoms with Crippen molar-refractivity contribution in [1.82, 2.24) is 20.0 Å². The van der Waals surface area contributed by atoms with Crippen LogP contribution in [0.3, 0.4) is 0 Å². The number of likely N-dealkylation sites (N-methyl/N-ethyl adjacent to an activating group) is 1. The number of hydrogen-bond donors (Lipinski definition) is 1. The van der Waals surface area contributed by atoms with Crippen molar-refractivity contribution >= 4 is 0 Å². The average molecular weight is 282 g/mol. The van der Waals surface area contributed by atoms with Crippen LogP contribution in [0, 0.1) is 0 Å². The SMILES string of the molecule is CC(CCCNC1CCN(C)CC1)N1CCN(C)CC1. The van der Waals surface area contributed by atoms with Gasteiger partial charge in [0.25, 0.3) is 0 Å². The van der Waals surface area contributed by atoms with E-state index in [1.54, 1.807) is 0 Å². The topological polar surface area (TPSA) is 21.8 Å². The average Bonchev–Trinajstić information content (AvgIpc) is 2.46. The zero-order chi connectivity index (χ0) is 14.4. The van der Waals surface area contributed by atoms with Gasteiger partial charge >= 0.3 is 0 Å². The van der Waals surface area contributed by atoms with Crippen molar-refractivity contribution in [3.05, 3.63) is 0 Å². The second-order valence-electron chi connectivity index (χ2n) is 6.86. The highest BCUT2D eigenvalue weighted by atomic mass is 15.3. The van der Waals surface area contributed by atoms with Crippen molar-refractivity contribution in [2.24, 2.45) is 0 Å². The van der Waals surface area contributed by atoms with E-state index < -0.39 is 0 Å². The number of likely N-dealkylation sites (tertiary alicyclic amines) is 1. The molecule has 1 N–H and O–H groups in total. The Morgan fingerprint density at radius 2 is 1.55 bits per heavy atom. The first-order chi connectivity index (χ1) is 9.65. The Hall–Kier alpha value is -0.160. The van der Waals surface area contributed by atoms with Gasteiger partial charge in [0.15, 0.2) is 0 Å². The molecule has 118 valence electrons. The van der Waals surface area contributed by atoms with Crippen LogP contribution >= 0.6 is 0 Å². The van der Waals surface area contributed by atoms with Crippen LogP contribution in [0.15, 0.2) is 0 Å². The van der Waals surface area contributed by atoms with Crippen LogP contribution in [-0.4, -0.2) is 86.7 Å². The lowest BCUT2D eigenvalue weighted by Crippen LogP contribution is -2.48. The molecule has 4 heteroatoms. The van der Waals surface area contributed by atoms with Crippen LogP contribution in [0.25, 0.3) is 0 Å². The van der Waals surface area contributed by atoms with Crippen LogP contribution in [0.5, 0.6) is 0 Å². The molecule has 0 spiro atoms. The van der Waals surface area contributed by atoms with Crippen LogP contribution in [-0.2, 0) is 0 Å². The Labute approximate surface area is 125 Å². The van der Waals surface area contributed by atoms with Gasteiger partial charge in [-0.25, -0.2) is 0 Å². The molecule has 0 aromatic heterocycles. The Balaban J connectivity index is 1.52. The number of nitrogens with one attached hydrogen (secondary N) is 1. The van der Waals surface area contributed by atoms with Crippen molar-refractivity contribution in [2.45, 2.75) is 44.7 Å². The van der Waals surface area contributed by atoms with E-state index in [-0.39, 0.29) is 0 Å². The van der Waals surface area contributed by atoms with Crippen LogP contribution in [0.2, 0.25) is 0 Å². The van der Waals surface area contributed by atoms with Gasteiger partial charge in [0.2, 0.25) is 0 Å². The standard InChI is InChI=1S/C16H34N4/c1-15(20-13-11-19(3)12-14-20)5-4-8-17-16-6-9-18(2)10-7-16/h15-17H,4-14H2,1-3H3. The minimum absolute atomic E-state index is 0.753. The first kappa shape index (κ1) is 16.2. The quantitative estimate of drug-likeness (QED) is 0.736. The van der Waals surface area contributed by atoms with E-state index in [0.717, 1.165) is 12.1 Å². The molecule has 2 rings (SSSR count). The smallest absolute Gasteiger partial charge is 0.0113 e. The van der Waals surface area contributed by atoms with Crippen molar-refractivity contribution in [3.63, 3.8) is 0 Å². The second-order valence-corrected chi connectivity index (χ2v) is 6.86. The van der Waals surface area contributed by atoms with Gasteiger partial charge in [-0.1, -0.05) is 0 Å². The van der Waals surface area contributed by atoms with Gasteiger partial charge in [-0.3, -0.25) is 4.90 Å². The zero-order valence-corrected chi connectivity index (χ0v) is 13.8. The van der Waals surface area contributed by atoms with Gasteiger partial charge in [-0.15, -0.1) is 0 Å². The lowest BCUT2D eigenvalue weighted by molar-refractivity contribution is 0.113. The predicted molar refractivity (Wildman–Crippen MR) is 86.3 cm³/mol. The highest BCUT2D eigenvalue weighted by Crippen LogP contribution is 2.11. The monoisotopic (exact) mass is 282 g/mol. The van der Waals surface area contributed by atoms with E-state index in [9.17, 15) is 0 Å². The highest BCUT2D eigenvalue weighted by Gasteiger charge is 2.19. The van der Waals surface area contributed by atoms with E-state index >= 15 is 0 Å². The summed E-state index contributed by atoms with van der Waals surface area (Å²) in [6.07, 6.45) is 5.30. The summed E-state index contributed by atoms with van der Waals surface area (Å²) in [7, 11) is 4.46. The van der Waals surface area contributed by atoms with E-state index in [1.807, 2.05) is 0 Å². The fourth-order valence-electron chi connectivity index (χ4n) is 3.36. The Kier molecular flexibility index (Phi) is 6.75. The summed E-state index contributed by atoms with van der Waals surface area (Å²) in [4.78, 5) is 7.54. The number of rotatable bonds is 6. The van der Waals surface area contributed by atoms with Gasteiger partial charge in [0.05, 0.1) is 0 Å². The van der Waals surface area contributed by atoms with Crippen molar-refractivity contribution in [1.29, 1.82) is 0 Å². The fourth-order valence-corrected chi connectivity index (χ4v) is 3.36. The first-order valence-corrected chi connectivity index (χ1v) is 8.49. The fraction of sp³-hybridized carbons (Fsp3) is 1.00. The summed E-state index contributed by atoms with van der Waals surface area (Å²) in [6, 6.07) is 1.52. The maximum Gasteiger partial charge on any atom is 0.0113 e. The summed E-state index contributed by atoms with van der Waals surface area (Å²) < 4.78 is 0. The molecule has 1 unspecified atom stereocenters. The molecular formula is C16H34N4. The third-order valence-electron chi connectivity index (χ3n) is 5.11. The minimum Gasteiger partial charge on any atom is -0.314 e. The number of piperidine rings is 1. The molecule has 0 aromatic carbocycles. The molecule has 0 amide bonds. The maximum atomic E-state index is 3.75. The summed E-state index contributed by atoms with van der Waals surface area (Å²) in [5.74, 6) is 0. The minimum atomic E-state index is 0.753. The molecular weight excluding hydrogens is 248 g/mol. The molecule has 0 saturated carbocycles. The summed E-state index contributed by atoms with van der Waals surface area (Å²) in [5, 5.41) is 3.75. The van der Waals surface area contributed by atoms with Gasteiger partial charge in [0.1, 0.15) is 0 Å². The Bertz CT molecular complexity index is 255. The molecule has 0 bridgehead atoms. The molecule has 2 fully saturated rings. The zero-order valence-electron chi connectivity index (χ0n) is 13.8. The molecule has 4 nitrogen and oxygen atoms in total. The second kappa shape index (κ2) is 8.32. The summed E-state index contributed by atoms with van der Waals surface area (Å²) in [6.45, 7) is 11.1. The van der Waals surface area contributed by atoms with Crippen molar-refractivity contribution < 1.29 is 0 Å². The Morgan fingerprint density at radius 1 is 0.950 bits per heavy atom. The molecule has 2 aliphatic heterocycles. The van der Waals surface area contributed by atoms with Crippen LogP contribution in [0.1, 0.15) is 32.6 Å². The molecule has 20 heavy (non-hydrogen) atoms. The first-order valence-electron chi connectivity index (χ1n) is 8.49. The highest BCUT2D eigenvalue weighted by molar-refractivity contribution is 4.77. The lowest BCUT2D eigenvalue weighted by atomic mass is 10.0. The normalized spacial score (nSPS) is 25.9. The van der Waals surface area contributed by atoms with E-state index in [4.69, 9.17) is 0 Å². The number of piperazine rings is 1. The van der Waals surface area contributed by atoms with Gasteiger partial charge < -0.3 is 15.1 Å². The van der Waals surface area contributed by atoms with Gasteiger partial charge in [0, 0.05) is 38.3 Å². The van der Waals surface area contributed by atoms with E-state index in [1.165, 1.54) is 71.5 Å². The molecule has 2 saturated heterocycles. The third-order valence-corrected chi connectivity index (χ3v) is 5.11. The van der Waals surface area contributed by atoms with Gasteiger partial charge in [-0.05, 0) is 66.3 Å². The Morgan fingerprint density at radius 3 is 2.20 bits per heavy atom. The number of nitrogens with zero attached hydrogens (tertiary/aromatic N) is 3. The molecule has 0 radical (unpaired) electrons. The van der Waals surface area contributed by atoms with Crippen LogP contribution in [0.4, 0.5) is 0 Å². The number of hydrogen-bond acceptors (Lipinski definition) is 4. The largest absolute Gasteiger partial charge is 0.314 e. The predicted octanol–water partition coefficient (Wildman–Crippen LogP) is 1.09.